The Bertz CT molecular complexity index is 490. The van der Waals surface area contributed by atoms with Gasteiger partial charge in [-0.2, -0.15) is 5.10 Å². The average Bonchev–Trinajstić information content (AvgIpc) is 3.10. The van der Waals surface area contributed by atoms with Crippen molar-refractivity contribution in [3.8, 4) is 5.69 Å². The van der Waals surface area contributed by atoms with Crippen molar-refractivity contribution >= 4 is 0 Å². The molecule has 0 saturated carbocycles. The third-order valence-electron chi connectivity index (χ3n) is 3.25. The number of hydrogen-bond donors (Lipinski definition) is 1. The second-order valence-electron chi connectivity index (χ2n) is 4.52. The SMILES string of the molecule is c1ccc(-n2cccn2)c(CN[C@@H]2CCOC2)c1. The fourth-order valence-electron chi connectivity index (χ4n) is 2.24. The van der Waals surface area contributed by atoms with Crippen molar-refractivity contribution in [2.45, 2.75) is 19.0 Å². The lowest BCUT2D eigenvalue weighted by atomic mass is 10.1. The molecule has 1 atom stereocenters. The van der Waals surface area contributed by atoms with E-state index in [0.29, 0.717) is 6.04 Å². The highest BCUT2D eigenvalue weighted by Crippen LogP contribution is 2.14. The molecule has 1 aromatic carbocycles. The summed E-state index contributed by atoms with van der Waals surface area (Å²) in [4.78, 5) is 0. The van der Waals surface area contributed by atoms with Crippen LogP contribution in [-0.4, -0.2) is 29.0 Å². The molecule has 94 valence electrons. The molecule has 1 N–H and O–H groups in total. The molecule has 0 unspecified atom stereocenters. The number of ether oxygens (including phenoxy) is 1. The minimum Gasteiger partial charge on any atom is -0.380 e. The van der Waals surface area contributed by atoms with Gasteiger partial charge in [0, 0.05) is 31.6 Å². The molecule has 4 nitrogen and oxygen atoms in total. The van der Waals surface area contributed by atoms with Gasteiger partial charge in [-0.15, -0.1) is 0 Å². The summed E-state index contributed by atoms with van der Waals surface area (Å²) >= 11 is 0. The normalized spacial score (nSPS) is 19.2. The molecule has 4 heteroatoms. The summed E-state index contributed by atoms with van der Waals surface area (Å²) in [5, 5.41) is 7.83. The molecule has 3 rings (SSSR count). The highest BCUT2D eigenvalue weighted by Gasteiger charge is 2.15. The van der Waals surface area contributed by atoms with Crippen LogP contribution in [0, 0.1) is 0 Å². The highest BCUT2D eigenvalue weighted by atomic mass is 16.5. The summed E-state index contributed by atoms with van der Waals surface area (Å²) in [6.45, 7) is 2.55. The Hall–Kier alpha value is -1.65. The predicted molar refractivity (Wildman–Crippen MR) is 69.6 cm³/mol. The predicted octanol–water partition coefficient (Wildman–Crippen LogP) is 1.75. The lowest BCUT2D eigenvalue weighted by molar-refractivity contribution is 0.190. The summed E-state index contributed by atoms with van der Waals surface area (Å²) in [6, 6.07) is 10.8. The van der Waals surface area contributed by atoms with Gasteiger partial charge in [0.25, 0.3) is 0 Å². The number of nitrogens with zero attached hydrogens (tertiary/aromatic N) is 2. The quantitative estimate of drug-likeness (QED) is 0.889. The van der Waals surface area contributed by atoms with Crippen LogP contribution < -0.4 is 5.32 Å². The van der Waals surface area contributed by atoms with E-state index in [0.717, 1.165) is 31.9 Å². The van der Waals surface area contributed by atoms with E-state index in [1.165, 1.54) is 5.56 Å². The molecule has 1 aliphatic rings. The zero-order chi connectivity index (χ0) is 12.2. The first-order chi connectivity index (χ1) is 8.93. The van der Waals surface area contributed by atoms with E-state index in [1.807, 2.05) is 23.0 Å². The molecule has 2 aromatic rings. The van der Waals surface area contributed by atoms with Crippen molar-refractivity contribution in [2.75, 3.05) is 13.2 Å². The summed E-state index contributed by atoms with van der Waals surface area (Å²) < 4.78 is 7.27. The Morgan fingerprint density at radius 1 is 1.33 bits per heavy atom. The molecule has 1 aliphatic heterocycles. The first kappa shape index (κ1) is 11.4. The summed E-state index contributed by atoms with van der Waals surface area (Å²) in [5.74, 6) is 0. The lowest BCUT2D eigenvalue weighted by Crippen LogP contribution is -2.29. The third-order valence-corrected chi connectivity index (χ3v) is 3.25. The van der Waals surface area contributed by atoms with E-state index in [2.05, 4.69) is 28.6 Å². The standard InChI is InChI=1S/C14H17N3O/c1-2-5-14(17-8-3-7-16-17)12(4-1)10-15-13-6-9-18-11-13/h1-5,7-8,13,15H,6,9-11H2/t13-/m1/s1. The molecule has 1 aromatic heterocycles. The monoisotopic (exact) mass is 243 g/mol. The number of para-hydroxylation sites is 1. The van der Waals surface area contributed by atoms with E-state index in [4.69, 9.17) is 4.74 Å². The van der Waals surface area contributed by atoms with Crippen LogP contribution in [0.2, 0.25) is 0 Å². The molecule has 1 saturated heterocycles. The Labute approximate surface area is 107 Å². The van der Waals surface area contributed by atoms with Gasteiger partial charge in [0.2, 0.25) is 0 Å². The fraction of sp³-hybridized carbons (Fsp3) is 0.357. The van der Waals surface area contributed by atoms with Gasteiger partial charge in [0.05, 0.1) is 12.3 Å². The van der Waals surface area contributed by atoms with Crippen LogP contribution in [0.1, 0.15) is 12.0 Å². The minimum absolute atomic E-state index is 0.482. The maximum Gasteiger partial charge on any atom is 0.0690 e. The van der Waals surface area contributed by atoms with Gasteiger partial charge in [0.15, 0.2) is 0 Å². The number of benzene rings is 1. The molecule has 18 heavy (non-hydrogen) atoms. The zero-order valence-corrected chi connectivity index (χ0v) is 10.2. The number of rotatable bonds is 4. The van der Waals surface area contributed by atoms with Crippen LogP contribution >= 0.6 is 0 Å². The molecule has 0 radical (unpaired) electrons. The van der Waals surface area contributed by atoms with E-state index in [1.54, 1.807) is 6.20 Å². The number of hydrogen-bond acceptors (Lipinski definition) is 3. The molecule has 1 fully saturated rings. The van der Waals surface area contributed by atoms with Gasteiger partial charge in [-0.05, 0) is 24.1 Å². The zero-order valence-electron chi connectivity index (χ0n) is 10.2. The van der Waals surface area contributed by atoms with Crippen LogP contribution in [-0.2, 0) is 11.3 Å². The van der Waals surface area contributed by atoms with Crippen LogP contribution in [0.25, 0.3) is 5.69 Å². The largest absolute Gasteiger partial charge is 0.380 e. The molecular formula is C14H17N3O. The van der Waals surface area contributed by atoms with Gasteiger partial charge in [-0.1, -0.05) is 18.2 Å². The van der Waals surface area contributed by atoms with E-state index in [-0.39, 0.29) is 0 Å². The van der Waals surface area contributed by atoms with E-state index < -0.39 is 0 Å². The van der Waals surface area contributed by atoms with Crippen molar-refractivity contribution in [1.82, 2.24) is 15.1 Å². The Morgan fingerprint density at radius 3 is 3.06 bits per heavy atom. The summed E-state index contributed by atoms with van der Waals surface area (Å²) in [5.41, 5.74) is 2.39. The van der Waals surface area contributed by atoms with Gasteiger partial charge in [0.1, 0.15) is 0 Å². The van der Waals surface area contributed by atoms with E-state index in [9.17, 15) is 0 Å². The van der Waals surface area contributed by atoms with Crippen LogP contribution in [0.3, 0.4) is 0 Å². The van der Waals surface area contributed by atoms with Crippen molar-refractivity contribution in [3.63, 3.8) is 0 Å². The number of nitrogens with one attached hydrogen (secondary N) is 1. The van der Waals surface area contributed by atoms with Crippen LogP contribution in [0.4, 0.5) is 0 Å². The van der Waals surface area contributed by atoms with Crippen molar-refractivity contribution < 1.29 is 4.74 Å². The van der Waals surface area contributed by atoms with Gasteiger partial charge in [-0.25, -0.2) is 4.68 Å². The summed E-state index contributed by atoms with van der Waals surface area (Å²) in [7, 11) is 0. The molecule has 2 heterocycles. The number of aromatic nitrogens is 2. The Morgan fingerprint density at radius 2 is 2.28 bits per heavy atom. The average molecular weight is 243 g/mol. The van der Waals surface area contributed by atoms with Crippen LogP contribution in [0.5, 0.6) is 0 Å². The molecule has 0 spiro atoms. The van der Waals surface area contributed by atoms with E-state index >= 15 is 0 Å². The molecular weight excluding hydrogens is 226 g/mol. The first-order valence-electron chi connectivity index (χ1n) is 6.32. The van der Waals surface area contributed by atoms with Crippen molar-refractivity contribution in [3.05, 3.63) is 48.3 Å². The molecule has 0 bridgehead atoms. The first-order valence-corrected chi connectivity index (χ1v) is 6.32. The second kappa shape index (κ2) is 5.33. The van der Waals surface area contributed by atoms with Crippen LogP contribution in [0.15, 0.2) is 42.7 Å². The lowest BCUT2D eigenvalue weighted by Gasteiger charge is -2.13. The second-order valence-corrected chi connectivity index (χ2v) is 4.52. The highest BCUT2D eigenvalue weighted by molar-refractivity contribution is 5.40. The van der Waals surface area contributed by atoms with Gasteiger partial charge in [-0.3, -0.25) is 0 Å². The van der Waals surface area contributed by atoms with Gasteiger partial charge < -0.3 is 10.1 Å². The smallest absolute Gasteiger partial charge is 0.0690 e. The topological polar surface area (TPSA) is 39.1 Å². The third kappa shape index (κ3) is 2.44. The molecule has 0 amide bonds. The van der Waals surface area contributed by atoms with Crippen molar-refractivity contribution in [2.24, 2.45) is 0 Å². The van der Waals surface area contributed by atoms with Crippen molar-refractivity contribution in [1.29, 1.82) is 0 Å². The minimum atomic E-state index is 0.482. The Balaban J connectivity index is 1.75. The maximum atomic E-state index is 5.37. The fourth-order valence-corrected chi connectivity index (χ4v) is 2.24. The summed E-state index contributed by atoms with van der Waals surface area (Å²) in [6.07, 6.45) is 4.87. The molecule has 0 aliphatic carbocycles. The Kier molecular flexibility index (Phi) is 3.39. The van der Waals surface area contributed by atoms with Gasteiger partial charge >= 0.3 is 0 Å². The maximum absolute atomic E-state index is 5.37.